The molecular weight excluding hydrogens is 322 g/mol. The zero-order valence-corrected chi connectivity index (χ0v) is 14.0. The van der Waals surface area contributed by atoms with Crippen molar-refractivity contribution in [3.05, 3.63) is 35.4 Å². The highest BCUT2D eigenvalue weighted by molar-refractivity contribution is 5.87. The van der Waals surface area contributed by atoms with Crippen LogP contribution >= 0.6 is 0 Å². The van der Waals surface area contributed by atoms with Crippen molar-refractivity contribution in [2.45, 2.75) is 45.4 Å². The Hall–Kier alpha value is -2.22. The van der Waals surface area contributed by atoms with E-state index in [1.807, 2.05) is 0 Å². The standard InChI is InChI=1S/C16H22F2N2O4/c1-9(8-21)19-14(22)13(20-15(23)24-16(2,3)4)12-10(17)6-5-7-11(12)18/h5-7,9,13,21H,8H2,1-4H3,(H,19,22)(H,20,23)/t9-,13+/m0/s1. The van der Waals surface area contributed by atoms with Gasteiger partial charge in [-0.1, -0.05) is 6.07 Å². The second-order valence-corrected chi connectivity index (χ2v) is 6.31. The van der Waals surface area contributed by atoms with Crippen LogP contribution in [0.5, 0.6) is 0 Å². The van der Waals surface area contributed by atoms with Crippen LogP contribution in [0.1, 0.15) is 39.3 Å². The van der Waals surface area contributed by atoms with E-state index in [0.29, 0.717) is 0 Å². The maximum Gasteiger partial charge on any atom is 0.408 e. The number of rotatable bonds is 5. The van der Waals surface area contributed by atoms with Crippen LogP contribution in [-0.2, 0) is 9.53 Å². The SMILES string of the molecule is C[C@@H](CO)NC(=O)[C@H](NC(=O)OC(C)(C)C)c1c(F)cccc1F. The fourth-order valence-electron chi connectivity index (χ4n) is 1.85. The molecule has 1 aromatic rings. The molecule has 0 spiro atoms. The van der Waals surface area contributed by atoms with Crippen LogP contribution in [-0.4, -0.2) is 35.4 Å². The molecule has 0 aliphatic heterocycles. The number of nitrogens with one attached hydrogen (secondary N) is 2. The summed E-state index contributed by atoms with van der Waals surface area (Å²) in [4.78, 5) is 24.2. The molecule has 0 saturated carbocycles. The topological polar surface area (TPSA) is 87.7 Å². The first-order valence-corrected chi connectivity index (χ1v) is 7.40. The number of alkyl carbamates (subject to hydrolysis) is 1. The molecule has 0 fully saturated rings. The fourth-order valence-corrected chi connectivity index (χ4v) is 1.85. The van der Waals surface area contributed by atoms with Crippen molar-refractivity contribution in [1.82, 2.24) is 10.6 Å². The summed E-state index contributed by atoms with van der Waals surface area (Å²) in [5, 5.41) is 13.5. The molecule has 6 nitrogen and oxygen atoms in total. The van der Waals surface area contributed by atoms with E-state index in [1.165, 1.54) is 6.92 Å². The molecule has 0 aliphatic rings. The maximum absolute atomic E-state index is 14.0. The van der Waals surface area contributed by atoms with Crippen molar-refractivity contribution >= 4 is 12.0 Å². The van der Waals surface area contributed by atoms with Gasteiger partial charge in [0.05, 0.1) is 12.2 Å². The van der Waals surface area contributed by atoms with Crippen molar-refractivity contribution in [2.24, 2.45) is 0 Å². The maximum atomic E-state index is 14.0. The molecule has 8 heteroatoms. The molecule has 0 heterocycles. The third kappa shape index (κ3) is 5.77. The van der Waals surface area contributed by atoms with E-state index in [0.717, 1.165) is 18.2 Å². The van der Waals surface area contributed by atoms with E-state index < -0.39 is 46.9 Å². The molecule has 0 aliphatic carbocycles. The summed E-state index contributed by atoms with van der Waals surface area (Å²) in [6.45, 7) is 5.96. The summed E-state index contributed by atoms with van der Waals surface area (Å²) in [7, 11) is 0. The van der Waals surface area contributed by atoms with Gasteiger partial charge in [-0.2, -0.15) is 0 Å². The predicted molar refractivity (Wildman–Crippen MR) is 83.2 cm³/mol. The van der Waals surface area contributed by atoms with Crippen molar-refractivity contribution in [3.8, 4) is 0 Å². The second kappa shape index (κ2) is 8.05. The summed E-state index contributed by atoms with van der Waals surface area (Å²) >= 11 is 0. The Balaban J connectivity index is 3.12. The second-order valence-electron chi connectivity index (χ2n) is 6.31. The van der Waals surface area contributed by atoms with E-state index in [4.69, 9.17) is 9.84 Å². The van der Waals surface area contributed by atoms with Gasteiger partial charge < -0.3 is 20.5 Å². The summed E-state index contributed by atoms with van der Waals surface area (Å²) < 4.78 is 33.0. The summed E-state index contributed by atoms with van der Waals surface area (Å²) in [5.74, 6) is -2.84. The molecule has 1 aromatic carbocycles. The first-order valence-electron chi connectivity index (χ1n) is 7.40. The van der Waals surface area contributed by atoms with Crippen LogP contribution in [0, 0.1) is 11.6 Å². The summed E-state index contributed by atoms with van der Waals surface area (Å²) in [6, 6.07) is 0.799. The van der Waals surface area contributed by atoms with Crippen molar-refractivity contribution in [3.63, 3.8) is 0 Å². The molecule has 0 unspecified atom stereocenters. The Morgan fingerprint density at radius 1 is 1.21 bits per heavy atom. The van der Waals surface area contributed by atoms with Gasteiger partial charge in [-0.15, -0.1) is 0 Å². The number of aliphatic hydroxyl groups is 1. The predicted octanol–water partition coefficient (Wildman–Crippen LogP) is 2.03. The van der Waals surface area contributed by atoms with Crippen molar-refractivity contribution < 1.29 is 28.2 Å². The molecule has 0 saturated heterocycles. The zero-order valence-electron chi connectivity index (χ0n) is 14.0. The van der Waals surface area contributed by atoms with Crippen LogP contribution in [0.2, 0.25) is 0 Å². The van der Waals surface area contributed by atoms with E-state index >= 15 is 0 Å². The first-order chi connectivity index (χ1) is 11.0. The van der Waals surface area contributed by atoms with Crippen molar-refractivity contribution in [2.75, 3.05) is 6.61 Å². The van der Waals surface area contributed by atoms with E-state index in [2.05, 4.69) is 10.6 Å². The lowest BCUT2D eigenvalue weighted by Gasteiger charge is -2.24. The van der Waals surface area contributed by atoms with Gasteiger partial charge in [-0.25, -0.2) is 13.6 Å². The zero-order chi connectivity index (χ0) is 18.5. The van der Waals surface area contributed by atoms with Gasteiger partial charge in [-0.3, -0.25) is 4.79 Å². The number of ether oxygens (including phenoxy) is 1. The summed E-state index contributed by atoms with van der Waals surface area (Å²) in [5.41, 5.74) is -1.46. The lowest BCUT2D eigenvalue weighted by atomic mass is 10.0. The Kier molecular flexibility index (Phi) is 6.65. The van der Waals surface area contributed by atoms with Gasteiger partial charge in [0.1, 0.15) is 23.3 Å². The normalized spacial score (nSPS) is 13.8. The number of amides is 2. The Labute approximate surface area is 139 Å². The highest BCUT2D eigenvalue weighted by Crippen LogP contribution is 2.22. The molecule has 134 valence electrons. The first kappa shape index (κ1) is 19.8. The van der Waals surface area contributed by atoms with Crippen LogP contribution in [0.25, 0.3) is 0 Å². The monoisotopic (exact) mass is 344 g/mol. The van der Waals surface area contributed by atoms with Crippen LogP contribution in [0.15, 0.2) is 18.2 Å². The van der Waals surface area contributed by atoms with Gasteiger partial charge in [0.25, 0.3) is 0 Å². The molecule has 0 radical (unpaired) electrons. The molecular formula is C16H22F2N2O4. The van der Waals surface area contributed by atoms with E-state index in [1.54, 1.807) is 20.8 Å². The number of carbonyl (C=O) groups excluding carboxylic acids is 2. The lowest BCUT2D eigenvalue weighted by Crippen LogP contribution is -2.46. The average molecular weight is 344 g/mol. The van der Waals surface area contributed by atoms with Gasteiger partial charge in [0.2, 0.25) is 5.91 Å². The highest BCUT2D eigenvalue weighted by Gasteiger charge is 2.31. The smallest absolute Gasteiger partial charge is 0.408 e. The van der Waals surface area contributed by atoms with Crippen LogP contribution < -0.4 is 10.6 Å². The van der Waals surface area contributed by atoms with Crippen LogP contribution in [0.4, 0.5) is 13.6 Å². The van der Waals surface area contributed by atoms with E-state index in [-0.39, 0.29) is 6.61 Å². The molecule has 0 aromatic heterocycles. The van der Waals surface area contributed by atoms with E-state index in [9.17, 15) is 18.4 Å². The number of hydrogen-bond donors (Lipinski definition) is 3. The molecule has 0 bridgehead atoms. The lowest BCUT2D eigenvalue weighted by molar-refractivity contribution is -0.124. The van der Waals surface area contributed by atoms with Gasteiger partial charge in [-0.05, 0) is 39.8 Å². The largest absolute Gasteiger partial charge is 0.444 e. The fraction of sp³-hybridized carbons (Fsp3) is 0.500. The van der Waals surface area contributed by atoms with Crippen LogP contribution in [0.3, 0.4) is 0 Å². The molecule has 2 atom stereocenters. The minimum Gasteiger partial charge on any atom is -0.444 e. The Morgan fingerprint density at radius 3 is 2.21 bits per heavy atom. The number of aliphatic hydroxyl groups excluding tert-OH is 1. The van der Waals surface area contributed by atoms with Crippen molar-refractivity contribution in [1.29, 1.82) is 0 Å². The third-order valence-corrected chi connectivity index (χ3v) is 2.87. The number of benzene rings is 1. The third-order valence-electron chi connectivity index (χ3n) is 2.87. The minimum absolute atomic E-state index is 0.370. The van der Waals surface area contributed by atoms with Gasteiger partial charge >= 0.3 is 6.09 Å². The van der Waals surface area contributed by atoms with Gasteiger partial charge in [0, 0.05) is 6.04 Å². The number of hydrogen-bond acceptors (Lipinski definition) is 4. The number of carbonyl (C=O) groups is 2. The molecule has 1 rings (SSSR count). The minimum atomic E-state index is -1.64. The Bertz CT molecular complexity index is 582. The molecule has 2 amide bonds. The Morgan fingerprint density at radius 2 is 1.75 bits per heavy atom. The highest BCUT2D eigenvalue weighted by atomic mass is 19.1. The molecule has 3 N–H and O–H groups in total. The summed E-state index contributed by atoms with van der Waals surface area (Å²) in [6.07, 6.45) is -0.998. The molecule has 24 heavy (non-hydrogen) atoms. The van der Waals surface area contributed by atoms with Gasteiger partial charge in [0.15, 0.2) is 0 Å². The quantitative estimate of drug-likeness (QED) is 0.763. The number of halogens is 2. The average Bonchev–Trinajstić information content (AvgIpc) is 2.43.